The Morgan fingerprint density at radius 3 is 2.83 bits per heavy atom. The zero-order valence-corrected chi connectivity index (χ0v) is 17.4. The van der Waals surface area contributed by atoms with E-state index in [1.54, 1.807) is 18.4 Å². The summed E-state index contributed by atoms with van der Waals surface area (Å²) in [4.78, 5) is 16.7. The van der Waals surface area contributed by atoms with Crippen LogP contribution >= 0.6 is 11.3 Å². The van der Waals surface area contributed by atoms with E-state index in [9.17, 15) is 13.2 Å². The van der Waals surface area contributed by atoms with Crippen molar-refractivity contribution in [2.75, 3.05) is 18.4 Å². The molecule has 1 saturated heterocycles. The van der Waals surface area contributed by atoms with Crippen LogP contribution in [-0.4, -0.2) is 41.9 Å². The lowest BCUT2D eigenvalue weighted by atomic mass is 9.99. The van der Waals surface area contributed by atoms with Crippen molar-refractivity contribution in [3.63, 3.8) is 0 Å². The van der Waals surface area contributed by atoms with Crippen LogP contribution in [0.5, 0.6) is 0 Å². The summed E-state index contributed by atoms with van der Waals surface area (Å²) in [7, 11) is -3.70. The molecule has 3 aromatic rings. The van der Waals surface area contributed by atoms with Crippen molar-refractivity contribution in [2.45, 2.75) is 24.0 Å². The normalized spacial score (nSPS) is 17.9. The van der Waals surface area contributed by atoms with Crippen molar-refractivity contribution < 1.29 is 17.7 Å². The van der Waals surface area contributed by atoms with E-state index in [2.05, 4.69) is 15.5 Å². The molecule has 152 valence electrons. The SMILES string of the molecule is Cc1nc(-c2csc(S(=O)(=O)N3CCC[C@H](C(=O)Nc4ccccc4)C3)c2)no1. The van der Waals surface area contributed by atoms with Gasteiger partial charge in [0.1, 0.15) is 4.21 Å². The Bertz CT molecular complexity index is 1110. The molecular weight excluding hydrogens is 412 g/mol. The molecule has 4 rings (SSSR count). The van der Waals surface area contributed by atoms with Crippen LogP contribution in [0.3, 0.4) is 0 Å². The number of piperidine rings is 1. The Morgan fingerprint density at radius 1 is 1.31 bits per heavy atom. The minimum Gasteiger partial charge on any atom is -0.339 e. The van der Waals surface area contributed by atoms with E-state index >= 15 is 0 Å². The molecule has 0 aliphatic carbocycles. The topological polar surface area (TPSA) is 105 Å². The second-order valence-corrected chi connectivity index (χ2v) is 9.92. The van der Waals surface area contributed by atoms with Crippen LogP contribution in [0, 0.1) is 12.8 Å². The molecule has 29 heavy (non-hydrogen) atoms. The third-order valence-corrected chi connectivity index (χ3v) is 8.03. The standard InChI is InChI=1S/C19H20N4O4S2/c1-13-20-18(22-27-13)15-10-17(28-12-15)29(25,26)23-9-5-6-14(11-23)19(24)21-16-7-3-2-4-8-16/h2-4,7-8,10,12,14H,5-6,9,11H2,1H3,(H,21,24)/t14-/m0/s1. The number of carbonyl (C=O) groups is 1. The van der Waals surface area contributed by atoms with Gasteiger partial charge in [-0.25, -0.2) is 8.42 Å². The van der Waals surface area contributed by atoms with Crippen molar-refractivity contribution in [3.05, 3.63) is 47.7 Å². The van der Waals surface area contributed by atoms with E-state index in [0.717, 1.165) is 11.3 Å². The van der Waals surface area contributed by atoms with Crippen molar-refractivity contribution >= 4 is 33.0 Å². The van der Waals surface area contributed by atoms with Gasteiger partial charge in [-0.2, -0.15) is 9.29 Å². The fourth-order valence-electron chi connectivity index (χ4n) is 3.25. The number of thiophene rings is 1. The largest absolute Gasteiger partial charge is 0.339 e. The summed E-state index contributed by atoms with van der Waals surface area (Å²) in [5.74, 6) is 0.223. The van der Waals surface area contributed by atoms with Crippen molar-refractivity contribution in [3.8, 4) is 11.4 Å². The van der Waals surface area contributed by atoms with Crippen molar-refractivity contribution in [2.24, 2.45) is 5.92 Å². The summed E-state index contributed by atoms with van der Waals surface area (Å²) in [6.07, 6.45) is 1.29. The molecule has 1 atom stereocenters. The van der Waals surface area contributed by atoms with Crippen LogP contribution in [0.1, 0.15) is 18.7 Å². The van der Waals surface area contributed by atoms with Crippen LogP contribution < -0.4 is 5.32 Å². The van der Waals surface area contributed by atoms with Gasteiger partial charge in [0, 0.05) is 36.6 Å². The van der Waals surface area contributed by atoms with Gasteiger partial charge in [0.25, 0.3) is 10.0 Å². The highest BCUT2D eigenvalue weighted by molar-refractivity contribution is 7.91. The summed E-state index contributed by atoms with van der Waals surface area (Å²) in [6.45, 7) is 2.23. The zero-order chi connectivity index (χ0) is 20.4. The van der Waals surface area contributed by atoms with E-state index < -0.39 is 15.9 Å². The Hall–Kier alpha value is -2.56. The first-order chi connectivity index (χ1) is 13.9. The van der Waals surface area contributed by atoms with E-state index in [1.165, 1.54) is 4.31 Å². The second-order valence-electron chi connectivity index (χ2n) is 6.85. The number of amides is 1. The Kier molecular flexibility index (Phi) is 5.48. The molecule has 1 aromatic carbocycles. The lowest BCUT2D eigenvalue weighted by Crippen LogP contribution is -2.43. The average Bonchev–Trinajstić information content (AvgIpc) is 3.38. The number of nitrogens with one attached hydrogen (secondary N) is 1. The lowest BCUT2D eigenvalue weighted by molar-refractivity contribution is -0.120. The molecule has 0 saturated carbocycles. The molecule has 1 N–H and O–H groups in total. The lowest BCUT2D eigenvalue weighted by Gasteiger charge is -2.30. The van der Waals surface area contributed by atoms with Gasteiger partial charge in [-0.05, 0) is 31.0 Å². The van der Waals surface area contributed by atoms with Crippen molar-refractivity contribution in [1.29, 1.82) is 0 Å². The molecule has 10 heteroatoms. The fraction of sp³-hybridized carbons (Fsp3) is 0.316. The van der Waals surface area contributed by atoms with Gasteiger partial charge in [-0.1, -0.05) is 23.4 Å². The predicted molar refractivity (Wildman–Crippen MR) is 109 cm³/mol. The maximum Gasteiger partial charge on any atom is 0.252 e. The van der Waals surface area contributed by atoms with Crippen LogP contribution in [0.15, 0.2) is 50.5 Å². The molecule has 1 amide bonds. The molecule has 2 aromatic heterocycles. The molecule has 8 nitrogen and oxygen atoms in total. The van der Waals surface area contributed by atoms with Crippen molar-refractivity contribution in [1.82, 2.24) is 14.4 Å². The van der Waals surface area contributed by atoms with E-state index in [4.69, 9.17) is 4.52 Å². The summed E-state index contributed by atoms with van der Waals surface area (Å²) < 4.78 is 32.8. The highest BCUT2D eigenvalue weighted by Gasteiger charge is 2.34. The number of nitrogens with zero attached hydrogens (tertiary/aromatic N) is 3. The molecule has 0 bridgehead atoms. The molecule has 0 unspecified atom stereocenters. The number of rotatable bonds is 5. The quantitative estimate of drug-likeness (QED) is 0.664. The number of hydrogen-bond acceptors (Lipinski definition) is 7. The number of anilines is 1. The number of hydrogen-bond donors (Lipinski definition) is 1. The number of aromatic nitrogens is 2. The zero-order valence-electron chi connectivity index (χ0n) is 15.7. The number of para-hydroxylation sites is 1. The molecular formula is C19H20N4O4S2. The Labute approximate surface area is 172 Å². The second kappa shape index (κ2) is 8.05. The Balaban J connectivity index is 1.48. The highest BCUT2D eigenvalue weighted by Crippen LogP contribution is 2.31. The number of sulfonamides is 1. The van der Waals surface area contributed by atoms with Gasteiger partial charge in [-0.3, -0.25) is 4.79 Å². The van der Waals surface area contributed by atoms with Gasteiger partial charge in [0.05, 0.1) is 5.92 Å². The monoisotopic (exact) mass is 432 g/mol. The third-order valence-electron chi connectivity index (χ3n) is 4.75. The summed E-state index contributed by atoms with van der Waals surface area (Å²) in [6, 6.07) is 10.7. The van der Waals surface area contributed by atoms with Crippen LogP contribution in [0.4, 0.5) is 5.69 Å². The molecule has 0 spiro atoms. The molecule has 1 aliphatic heterocycles. The minimum atomic E-state index is -3.70. The highest BCUT2D eigenvalue weighted by atomic mass is 32.2. The Morgan fingerprint density at radius 2 is 2.10 bits per heavy atom. The third kappa shape index (κ3) is 4.24. The fourth-order valence-corrected chi connectivity index (χ4v) is 6.09. The minimum absolute atomic E-state index is 0.162. The number of aryl methyl sites for hydroxylation is 1. The maximum atomic E-state index is 13.1. The maximum absolute atomic E-state index is 13.1. The number of benzene rings is 1. The smallest absolute Gasteiger partial charge is 0.252 e. The first kappa shape index (κ1) is 19.7. The first-order valence-corrected chi connectivity index (χ1v) is 11.5. The first-order valence-electron chi connectivity index (χ1n) is 9.19. The molecule has 0 radical (unpaired) electrons. The molecule has 1 fully saturated rings. The number of carbonyl (C=O) groups excluding carboxylic acids is 1. The van der Waals surface area contributed by atoms with Crippen LogP contribution in [0.25, 0.3) is 11.4 Å². The molecule has 1 aliphatic rings. The van der Waals surface area contributed by atoms with Crippen LogP contribution in [0.2, 0.25) is 0 Å². The van der Waals surface area contributed by atoms with Gasteiger partial charge in [0.2, 0.25) is 17.6 Å². The van der Waals surface area contributed by atoms with E-state index in [-0.39, 0.29) is 16.7 Å². The molecule has 3 heterocycles. The van der Waals surface area contributed by atoms with Gasteiger partial charge in [0.15, 0.2) is 0 Å². The summed E-state index contributed by atoms with van der Waals surface area (Å²) >= 11 is 1.11. The van der Waals surface area contributed by atoms with Gasteiger partial charge >= 0.3 is 0 Å². The van der Waals surface area contributed by atoms with Gasteiger partial charge < -0.3 is 9.84 Å². The van der Waals surface area contributed by atoms with E-state index in [0.29, 0.717) is 42.4 Å². The summed E-state index contributed by atoms with van der Waals surface area (Å²) in [5, 5.41) is 8.39. The van der Waals surface area contributed by atoms with Crippen LogP contribution in [-0.2, 0) is 14.8 Å². The average molecular weight is 433 g/mol. The predicted octanol–water partition coefficient (Wildman–Crippen LogP) is 3.15. The summed E-state index contributed by atoms with van der Waals surface area (Å²) in [5.41, 5.74) is 1.30. The van der Waals surface area contributed by atoms with E-state index in [1.807, 2.05) is 30.3 Å². The van der Waals surface area contributed by atoms with Gasteiger partial charge in [-0.15, -0.1) is 11.3 Å².